The lowest BCUT2D eigenvalue weighted by Gasteiger charge is -2.24. The molecule has 16 heavy (non-hydrogen) atoms. The van der Waals surface area contributed by atoms with Crippen molar-refractivity contribution in [1.82, 2.24) is 0 Å². The molecule has 0 heterocycles. The van der Waals surface area contributed by atoms with Gasteiger partial charge in [-0.25, -0.2) is 0 Å². The molecule has 0 fully saturated rings. The molecule has 4 nitrogen and oxygen atoms in total. The molecular formula is C12H17NO3. The third-order valence-electron chi connectivity index (χ3n) is 2.17. The average Bonchev–Trinajstić information content (AvgIpc) is 2.14. The molecule has 0 aromatic heterocycles. The molecule has 1 aromatic rings. The van der Waals surface area contributed by atoms with Crippen LogP contribution in [0.1, 0.15) is 26.3 Å². The Morgan fingerprint density at radius 2 is 2.06 bits per heavy atom. The molecule has 0 bridgehead atoms. The molecular weight excluding hydrogens is 206 g/mol. The van der Waals surface area contributed by atoms with Crippen LogP contribution in [0, 0.1) is 0 Å². The van der Waals surface area contributed by atoms with E-state index in [-0.39, 0.29) is 5.91 Å². The molecule has 0 saturated heterocycles. The zero-order valence-electron chi connectivity index (χ0n) is 10.00. The van der Waals surface area contributed by atoms with Gasteiger partial charge < -0.3 is 15.2 Å². The number of methoxy groups -OCH3 is 1. The predicted octanol–water partition coefficient (Wildman–Crippen LogP) is 1.88. The van der Waals surface area contributed by atoms with E-state index in [1.165, 1.54) is 14.0 Å². The molecule has 0 radical (unpaired) electrons. The van der Waals surface area contributed by atoms with Gasteiger partial charge in [-0.2, -0.15) is 0 Å². The Balaban J connectivity index is 3.32. The number of aliphatic hydroxyl groups is 1. The highest BCUT2D eigenvalue weighted by atomic mass is 16.5. The third-order valence-corrected chi connectivity index (χ3v) is 2.17. The first-order valence-electron chi connectivity index (χ1n) is 5.03. The van der Waals surface area contributed by atoms with Gasteiger partial charge in [-0.3, -0.25) is 4.79 Å². The fourth-order valence-electron chi connectivity index (χ4n) is 1.63. The van der Waals surface area contributed by atoms with Crippen LogP contribution in [-0.2, 0) is 10.4 Å². The van der Waals surface area contributed by atoms with Crippen LogP contribution in [0.5, 0.6) is 5.75 Å². The molecule has 0 unspecified atom stereocenters. The summed E-state index contributed by atoms with van der Waals surface area (Å²) >= 11 is 0. The number of hydrogen-bond donors (Lipinski definition) is 2. The standard InChI is InChI=1S/C12H17NO3/c1-8(14)13-9-6-5-7-10(16-4)11(9)12(2,3)15/h5-7,15H,1-4H3,(H,13,14). The molecule has 0 aliphatic carbocycles. The molecule has 2 N–H and O–H groups in total. The van der Waals surface area contributed by atoms with Gasteiger partial charge in [-0.1, -0.05) is 6.07 Å². The topological polar surface area (TPSA) is 58.6 Å². The molecule has 0 atom stereocenters. The van der Waals surface area contributed by atoms with Crippen molar-refractivity contribution >= 4 is 11.6 Å². The number of hydrogen-bond acceptors (Lipinski definition) is 3. The maximum Gasteiger partial charge on any atom is 0.221 e. The predicted molar refractivity (Wildman–Crippen MR) is 62.5 cm³/mol. The van der Waals surface area contributed by atoms with Gasteiger partial charge in [-0.15, -0.1) is 0 Å². The van der Waals surface area contributed by atoms with Crippen LogP contribution in [0.25, 0.3) is 0 Å². The Labute approximate surface area is 95.2 Å². The van der Waals surface area contributed by atoms with Gasteiger partial charge in [0.2, 0.25) is 5.91 Å². The van der Waals surface area contributed by atoms with Gasteiger partial charge in [0, 0.05) is 12.5 Å². The fourth-order valence-corrected chi connectivity index (χ4v) is 1.63. The second-order valence-corrected chi connectivity index (χ2v) is 4.12. The fraction of sp³-hybridized carbons (Fsp3) is 0.417. The number of amides is 1. The summed E-state index contributed by atoms with van der Waals surface area (Å²) in [6, 6.07) is 5.25. The van der Waals surface area contributed by atoms with E-state index in [0.717, 1.165) is 0 Å². The summed E-state index contributed by atoms with van der Waals surface area (Å²) in [7, 11) is 1.53. The molecule has 1 rings (SSSR count). The molecule has 4 heteroatoms. The van der Waals surface area contributed by atoms with Gasteiger partial charge in [0.15, 0.2) is 0 Å². The summed E-state index contributed by atoms with van der Waals surface area (Å²) in [6.07, 6.45) is 0. The number of anilines is 1. The molecule has 0 spiro atoms. The van der Waals surface area contributed by atoms with E-state index in [1.54, 1.807) is 32.0 Å². The van der Waals surface area contributed by atoms with E-state index < -0.39 is 5.60 Å². The zero-order chi connectivity index (χ0) is 12.3. The Bertz CT molecular complexity index is 394. The quantitative estimate of drug-likeness (QED) is 0.822. The molecule has 1 aromatic carbocycles. The minimum Gasteiger partial charge on any atom is -0.496 e. The smallest absolute Gasteiger partial charge is 0.221 e. The molecule has 88 valence electrons. The van der Waals surface area contributed by atoms with Crippen LogP contribution in [-0.4, -0.2) is 18.1 Å². The number of nitrogens with one attached hydrogen (secondary N) is 1. The summed E-state index contributed by atoms with van der Waals surface area (Å²) in [6.45, 7) is 4.72. The second-order valence-electron chi connectivity index (χ2n) is 4.12. The zero-order valence-corrected chi connectivity index (χ0v) is 10.00. The summed E-state index contributed by atoms with van der Waals surface area (Å²) in [4.78, 5) is 11.1. The Morgan fingerprint density at radius 1 is 1.44 bits per heavy atom. The lowest BCUT2D eigenvalue weighted by Crippen LogP contribution is -2.20. The maximum atomic E-state index is 11.1. The Morgan fingerprint density at radius 3 is 2.50 bits per heavy atom. The van der Waals surface area contributed by atoms with Gasteiger partial charge in [0.25, 0.3) is 0 Å². The number of rotatable bonds is 3. The van der Waals surface area contributed by atoms with Crippen molar-refractivity contribution in [2.24, 2.45) is 0 Å². The van der Waals surface area contributed by atoms with E-state index in [1.807, 2.05) is 0 Å². The summed E-state index contributed by atoms with van der Waals surface area (Å²) in [5.74, 6) is 0.373. The highest BCUT2D eigenvalue weighted by molar-refractivity contribution is 5.90. The summed E-state index contributed by atoms with van der Waals surface area (Å²) in [5.41, 5.74) is 0.0664. The second kappa shape index (κ2) is 4.53. The summed E-state index contributed by atoms with van der Waals surface area (Å²) in [5, 5.41) is 12.7. The van der Waals surface area contributed by atoms with Crippen molar-refractivity contribution in [3.8, 4) is 5.75 Å². The Kier molecular flexibility index (Phi) is 3.55. The van der Waals surface area contributed by atoms with Crippen LogP contribution in [0.15, 0.2) is 18.2 Å². The SMILES string of the molecule is COc1cccc(NC(C)=O)c1C(C)(C)O. The highest BCUT2D eigenvalue weighted by Gasteiger charge is 2.24. The van der Waals surface area contributed by atoms with E-state index in [9.17, 15) is 9.90 Å². The molecule has 0 saturated carbocycles. The number of ether oxygens (including phenoxy) is 1. The molecule has 0 aliphatic rings. The van der Waals surface area contributed by atoms with E-state index in [0.29, 0.717) is 17.0 Å². The summed E-state index contributed by atoms with van der Waals surface area (Å²) < 4.78 is 5.18. The van der Waals surface area contributed by atoms with Crippen LogP contribution in [0.2, 0.25) is 0 Å². The molecule has 1 amide bonds. The first-order valence-corrected chi connectivity index (χ1v) is 5.03. The normalized spacial score (nSPS) is 11.1. The highest BCUT2D eigenvalue weighted by Crippen LogP contribution is 2.35. The van der Waals surface area contributed by atoms with Crippen LogP contribution in [0.4, 0.5) is 5.69 Å². The van der Waals surface area contributed by atoms with Crippen molar-refractivity contribution in [1.29, 1.82) is 0 Å². The van der Waals surface area contributed by atoms with Crippen LogP contribution < -0.4 is 10.1 Å². The lowest BCUT2D eigenvalue weighted by atomic mass is 9.95. The minimum atomic E-state index is -1.08. The first-order chi connectivity index (χ1) is 7.36. The van der Waals surface area contributed by atoms with Crippen LogP contribution in [0.3, 0.4) is 0 Å². The van der Waals surface area contributed by atoms with Gasteiger partial charge in [-0.05, 0) is 26.0 Å². The third kappa shape index (κ3) is 2.73. The van der Waals surface area contributed by atoms with Crippen molar-refractivity contribution in [3.05, 3.63) is 23.8 Å². The number of carbonyl (C=O) groups is 1. The van der Waals surface area contributed by atoms with Crippen LogP contribution >= 0.6 is 0 Å². The van der Waals surface area contributed by atoms with Crippen molar-refractivity contribution in [2.75, 3.05) is 12.4 Å². The van der Waals surface area contributed by atoms with Crippen molar-refractivity contribution in [2.45, 2.75) is 26.4 Å². The van der Waals surface area contributed by atoms with Crippen molar-refractivity contribution in [3.63, 3.8) is 0 Å². The molecule has 0 aliphatic heterocycles. The number of carbonyl (C=O) groups excluding carboxylic acids is 1. The maximum absolute atomic E-state index is 11.1. The van der Waals surface area contributed by atoms with Gasteiger partial charge in [0.05, 0.1) is 18.4 Å². The average molecular weight is 223 g/mol. The lowest BCUT2D eigenvalue weighted by molar-refractivity contribution is -0.114. The number of benzene rings is 1. The largest absolute Gasteiger partial charge is 0.496 e. The first kappa shape index (κ1) is 12.5. The van der Waals surface area contributed by atoms with Gasteiger partial charge >= 0.3 is 0 Å². The van der Waals surface area contributed by atoms with Gasteiger partial charge in [0.1, 0.15) is 5.75 Å². The van der Waals surface area contributed by atoms with E-state index >= 15 is 0 Å². The minimum absolute atomic E-state index is 0.182. The Hall–Kier alpha value is -1.55. The monoisotopic (exact) mass is 223 g/mol. The van der Waals surface area contributed by atoms with Crippen molar-refractivity contribution < 1.29 is 14.6 Å². The van der Waals surface area contributed by atoms with E-state index in [2.05, 4.69) is 5.32 Å². The van der Waals surface area contributed by atoms with E-state index in [4.69, 9.17) is 4.74 Å².